The van der Waals surface area contributed by atoms with Crippen molar-refractivity contribution < 1.29 is 9.72 Å². The molecule has 1 atom stereocenters. The molecule has 0 saturated carbocycles. The van der Waals surface area contributed by atoms with E-state index in [9.17, 15) is 14.9 Å². The molecule has 0 aliphatic carbocycles. The third kappa shape index (κ3) is 3.42. The molecule has 0 aromatic heterocycles. The Morgan fingerprint density at radius 2 is 2.32 bits per heavy atom. The molecule has 102 valence electrons. The van der Waals surface area contributed by atoms with E-state index in [4.69, 9.17) is 11.6 Å². The third-order valence-electron chi connectivity index (χ3n) is 3.09. The molecule has 1 aliphatic heterocycles. The topological polar surface area (TPSA) is 84.3 Å². The van der Waals surface area contributed by atoms with Crippen LogP contribution in [0.15, 0.2) is 18.2 Å². The van der Waals surface area contributed by atoms with E-state index in [0.29, 0.717) is 11.6 Å². The SMILES string of the molecule is O=C(Nc1cc([N+](=O)[O-])ccc1Cl)C1CCCNC1. The fraction of sp³-hybridized carbons (Fsp3) is 0.417. The number of carbonyl (C=O) groups excluding carboxylic acids is 1. The van der Waals surface area contributed by atoms with Crippen molar-refractivity contribution in [3.63, 3.8) is 0 Å². The fourth-order valence-corrected chi connectivity index (χ4v) is 2.20. The van der Waals surface area contributed by atoms with Crippen LogP contribution in [0.4, 0.5) is 11.4 Å². The predicted octanol–water partition coefficient (Wildman–Crippen LogP) is 2.19. The average molecular weight is 284 g/mol. The Bertz CT molecular complexity index is 501. The number of anilines is 1. The van der Waals surface area contributed by atoms with Gasteiger partial charge in [0.2, 0.25) is 5.91 Å². The Morgan fingerprint density at radius 3 is 2.95 bits per heavy atom. The summed E-state index contributed by atoms with van der Waals surface area (Å²) in [5, 5.41) is 16.8. The molecule has 6 nitrogen and oxygen atoms in total. The molecule has 0 bridgehead atoms. The zero-order valence-electron chi connectivity index (χ0n) is 10.2. The second kappa shape index (κ2) is 5.99. The molecule has 0 radical (unpaired) electrons. The van der Waals surface area contributed by atoms with Crippen LogP contribution in [0, 0.1) is 16.0 Å². The molecule has 1 unspecified atom stereocenters. The van der Waals surface area contributed by atoms with E-state index < -0.39 is 4.92 Å². The van der Waals surface area contributed by atoms with Crippen molar-refractivity contribution >= 4 is 28.9 Å². The smallest absolute Gasteiger partial charge is 0.271 e. The molecule has 1 saturated heterocycles. The van der Waals surface area contributed by atoms with E-state index in [2.05, 4.69) is 10.6 Å². The molecule has 2 N–H and O–H groups in total. The van der Waals surface area contributed by atoms with E-state index in [1.54, 1.807) is 0 Å². The molecular formula is C12H14ClN3O3. The van der Waals surface area contributed by atoms with Crippen LogP contribution < -0.4 is 10.6 Å². The number of non-ortho nitro benzene ring substituents is 1. The highest BCUT2D eigenvalue weighted by atomic mass is 35.5. The van der Waals surface area contributed by atoms with Gasteiger partial charge in [0, 0.05) is 18.7 Å². The first-order chi connectivity index (χ1) is 9.08. The lowest BCUT2D eigenvalue weighted by atomic mass is 9.99. The fourth-order valence-electron chi connectivity index (χ4n) is 2.03. The second-order valence-electron chi connectivity index (χ2n) is 4.45. The van der Waals surface area contributed by atoms with Crippen LogP contribution in [0.3, 0.4) is 0 Å². The first-order valence-corrected chi connectivity index (χ1v) is 6.41. The van der Waals surface area contributed by atoms with Crippen molar-refractivity contribution in [3.8, 4) is 0 Å². The van der Waals surface area contributed by atoms with Crippen LogP contribution in [0.5, 0.6) is 0 Å². The standard InChI is InChI=1S/C12H14ClN3O3/c13-10-4-3-9(16(18)19)6-11(10)15-12(17)8-2-1-5-14-7-8/h3-4,6,8,14H,1-2,5,7H2,(H,15,17). The Labute approximate surface area is 115 Å². The van der Waals surface area contributed by atoms with Gasteiger partial charge in [0.1, 0.15) is 0 Å². The molecule has 1 heterocycles. The summed E-state index contributed by atoms with van der Waals surface area (Å²) < 4.78 is 0. The monoisotopic (exact) mass is 283 g/mol. The molecule has 2 rings (SSSR count). The molecule has 0 spiro atoms. The van der Waals surface area contributed by atoms with E-state index >= 15 is 0 Å². The number of hydrogen-bond acceptors (Lipinski definition) is 4. The van der Waals surface area contributed by atoms with Gasteiger partial charge in [-0.2, -0.15) is 0 Å². The van der Waals surface area contributed by atoms with Crippen LogP contribution >= 0.6 is 11.6 Å². The molecule has 1 aliphatic rings. The van der Waals surface area contributed by atoms with Gasteiger partial charge in [-0.05, 0) is 25.5 Å². The number of amides is 1. The highest BCUT2D eigenvalue weighted by Crippen LogP contribution is 2.27. The Kier molecular flexibility index (Phi) is 4.34. The lowest BCUT2D eigenvalue weighted by Gasteiger charge is -2.22. The average Bonchev–Trinajstić information content (AvgIpc) is 2.42. The molecule has 1 fully saturated rings. The van der Waals surface area contributed by atoms with E-state index in [0.717, 1.165) is 19.4 Å². The summed E-state index contributed by atoms with van der Waals surface area (Å²) >= 11 is 5.93. The Balaban J connectivity index is 2.11. The Hall–Kier alpha value is -1.66. The van der Waals surface area contributed by atoms with Crippen molar-refractivity contribution in [2.45, 2.75) is 12.8 Å². The van der Waals surface area contributed by atoms with Gasteiger partial charge in [0.15, 0.2) is 0 Å². The summed E-state index contributed by atoms with van der Waals surface area (Å²) in [6, 6.07) is 3.99. The van der Waals surface area contributed by atoms with Crippen molar-refractivity contribution in [2.24, 2.45) is 5.92 Å². The maximum absolute atomic E-state index is 12.0. The van der Waals surface area contributed by atoms with E-state index in [1.807, 2.05) is 0 Å². The number of nitro benzene ring substituents is 1. The Morgan fingerprint density at radius 1 is 1.53 bits per heavy atom. The van der Waals surface area contributed by atoms with Gasteiger partial charge in [-0.3, -0.25) is 14.9 Å². The van der Waals surface area contributed by atoms with Crippen molar-refractivity contribution in [1.82, 2.24) is 5.32 Å². The largest absolute Gasteiger partial charge is 0.324 e. The van der Waals surface area contributed by atoms with Gasteiger partial charge in [0.05, 0.1) is 21.6 Å². The minimum absolute atomic E-state index is 0.0959. The maximum atomic E-state index is 12.0. The summed E-state index contributed by atoms with van der Waals surface area (Å²) in [7, 11) is 0. The number of piperidine rings is 1. The van der Waals surface area contributed by atoms with Gasteiger partial charge >= 0.3 is 0 Å². The molecule has 7 heteroatoms. The van der Waals surface area contributed by atoms with Gasteiger partial charge in [0.25, 0.3) is 5.69 Å². The summed E-state index contributed by atoms with van der Waals surface area (Å²) in [4.78, 5) is 22.2. The molecule has 1 aromatic rings. The van der Waals surface area contributed by atoms with E-state index in [-0.39, 0.29) is 23.2 Å². The first-order valence-electron chi connectivity index (χ1n) is 6.03. The minimum atomic E-state index is -0.520. The van der Waals surface area contributed by atoms with Gasteiger partial charge in [-0.15, -0.1) is 0 Å². The van der Waals surface area contributed by atoms with Crippen LogP contribution in [-0.4, -0.2) is 23.9 Å². The van der Waals surface area contributed by atoms with Gasteiger partial charge < -0.3 is 10.6 Å². The summed E-state index contributed by atoms with van der Waals surface area (Å²) in [5.41, 5.74) is 0.188. The number of hydrogen-bond donors (Lipinski definition) is 2. The lowest BCUT2D eigenvalue weighted by molar-refractivity contribution is -0.384. The first kappa shape index (κ1) is 13.8. The maximum Gasteiger partial charge on any atom is 0.271 e. The molecular weight excluding hydrogens is 270 g/mol. The highest BCUT2D eigenvalue weighted by Gasteiger charge is 2.22. The summed E-state index contributed by atoms with van der Waals surface area (Å²) in [6.07, 6.45) is 1.76. The van der Waals surface area contributed by atoms with Crippen LogP contribution in [0.2, 0.25) is 5.02 Å². The summed E-state index contributed by atoms with van der Waals surface area (Å²) in [6.45, 7) is 1.54. The number of rotatable bonds is 3. The zero-order valence-corrected chi connectivity index (χ0v) is 10.9. The molecule has 1 aromatic carbocycles. The molecule has 1 amide bonds. The minimum Gasteiger partial charge on any atom is -0.324 e. The zero-order chi connectivity index (χ0) is 13.8. The number of benzene rings is 1. The summed E-state index contributed by atoms with van der Waals surface area (Å²) in [5.74, 6) is -0.279. The van der Waals surface area contributed by atoms with Crippen LogP contribution in [0.25, 0.3) is 0 Å². The number of halogens is 1. The third-order valence-corrected chi connectivity index (χ3v) is 3.42. The quantitative estimate of drug-likeness (QED) is 0.658. The van der Waals surface area contributed by atoms with Crippen molar-refractivity contribution in [1.29, 1.82) is 0 Å². The second-order valence-corrected chi connectivity index (χ2v) is 4.86. The predicted molar refractivity (Wildman–Crippen MR) is 72.3 cm³/mol. The lowest BCUT2D eigenvalue weighted by Crippen LogP contribution is -2.37. The van der Waals surface area contributed by atoms with Crippen molar-refractivity contribution in [3.05, 3.63) is 33.3 Å². The van der Waals surface area contributed by atoms with Crippen LogP contribution in [0.1, 0.15) is 12.8 Å². The normalized spacial score (nSPS) is 18.9. The number of nitro groups is 1. The highest BCUT2D eigenvalue weighted by molar-refractivity contribution is 6.33. The number of carbonyl (C=O) groups is 1. The van der Waals surface area contributed by atoms with Gasteiger partial charge in [-0.1, -0.05) is 11.6 Å². The van der Waals surface area contributed by atoms with E-state index in [1.165, 1.54) is 18.2 Å². The van der Waals surface area contributed by atoms with Crippen molar-refractivity contribution in [2.75, 3.05) is 18.4 Å². The number of nitrogens with one attached hydrogen (secondary N) is 2. The van der Waals surface area contributed by atoms with Crippen LogP contribution in [-0.2, 0) is 4.79 Å². The molecule has 19 heavy (non-hydrogen) atoms. The van der Waals surface area contributed by atoms with Gasteiger partial charge in [-0.25, -0.2) is 0 Å². The number of nitrogens with zero attached hydrogens (tertiary/aromatic N) is 1.